The quantitative estimate of drug-likeness (QED) is 0.598. The fraction of sp³-hybridized carbons (Fsp3) is 0.471. The number of benzene rings is 1. The van der Waals surface area contributed by atoms with Gasteiger partial charge in [-0.1, -0.05) is 24.5 Å². The number of hydrogen-bond donors (Lipinski definition) is 0. The van der Waals surface area contributed by atoms with Gasteiger partial charge in [0.1, 0.15) is 0 Å². The maximum Gasteiger partial charge on any atom is 0.231 e. The van der Waals surface area contributed by atoms with Crippen LogP contribution >= 0.6 is 0 Å². The maximum absolute atomic E-state index is 9.46. The molecule has 1 heterocycles. The molecule has 3 heteroatoms. The van der Waals surface area contributed by atoms with E-state index in [0.29, 0.717) is 13.2 Å². The average Bonchev–Trinajstić information content (AvgIpc) is 2.77. The van der Waals surface area contributed by atoms with Crippen molar-refractivity contribution in [3.05, 3.63) is 34.9 Å². The second-order valence-corrected chi connectivity index (χ2v) is 5.47. The minimum Gasteiger partial charge on any atom is -0.454 e. The van der Waals surface area contributed by atoms with E-state index in [1.165, 1.54) is 31.3 Å². The summed E-state index contributed by atoms with van der Waals surface area (Å²) in [7, 11) is 0. The molecule has 1 aromatic carbocycles. The van der Waals surface area contributed by atoms with Crippen molar-refractivity contribution >= 4 is 0 Å². The second kappa shape index (κ2) is 6.00. The Bertz CT molecular complexity index is 559. The van der Waals surface area contributed by atoms with Crippen LogP contribution in [0.4, 0.5) is 0 Å². The summed E-state index contributed by atoms with van der Waals surface area (Å²) in [5, 5.41) is 9.46. The van der Waals surface area contributed by atoms with Gasteiger partial charge in [-0.15, -0.1) is 0 Å². The van der Waals surface area contributed by atoms with Gasteiger partial charge in [0.25, 0.3) is 0 Å². The van der Waals surface area contributed by atoms with Crippen molar-refractivity contribution in [3.63, 3.8) is 0 Å². The van der Waals surface area contributed by atoms with E-state index >= 15 is 0 Å². The number of nitrogens with zero attached hydrogens (tertiary/aromatic N) is 1. The lowest BCUT2D eigenvalue weighted by Gasteiger charge is -2.08. The van der Waals surface area contributed by atoms with E-state index in [2.05, 4.69) is 6.07 Å². The molecule has 0 atom stereocenters. The summed E-state index contributed by atoms with van der Waals surface area (Å²) in [6.07, 6.45) is 7.94. The van der Waals surface area contributed by atoms with E-state index in [1.807, 2.05) is 18.2 Å². The highest BCUT2D eigenvalue weighted by atomic mass is 16.7. The molecular weight excluding hydrogens is 250 g/mol. The van der Waals surface area contributed by atoms with Crippen molar-refractivity contribution in [2.24, 2.45) is 0 Å². The minimum atomic E-state index is 0.297. The highest BCUT2D eigenvalue weighted by Crippen LogP contribution is 2.34. The lowest BCUT2D eigenvalue weighted by molar-refractivity contribution is 0.174. The van der Waals surface area contributed by atoms with Crippen LogP contribution in [-0.4, -0.2) is 6.79 Å². The summed E-state index contributed by atoms with van der Waals surface area (Å²) in [5.41, 5.74) is 3.44. The van der Waals surface area contributed by atoms with Gasteiger partial charge in [0, 0.05) is 12.0 Å². The molecule has 0 N–H and O–H groups in total. The van der Waals surface area contributed by atoms with E-state index < -0.39 is 0 Å². The molecule has 2 aliphatic rings. The Morgan fingerprint density at radius 1 is 1.05 bits per heavy atom. The van der Waals surface area contributed by atoms with Crippen LogP contribution in [0.25, 0.3) is 0 Å². The third-order valence-corrected chi connectivity index (χ3v) is 4.09. The molecule has 1 aliphatic carbocycles. The summed E-state index contributed by atoms with van der Waals surface area (Å²) < 4.78 is 10.7. The second-order valence-electron chi connectivity index (χ2n) is 5.47. The lowest BCUT2D eigenvalue weighted by Crippen LogP contribution is -1.95. The molecule has 0 radical (unpaired) electrons. The number of allylic oxidation sites excluding steroid dienone is 2. The molecule has 0 bridgehead atoms. The third-order valence-electron chi connectivity index (χ3n) is 4.09. The molecule has 0 unspecified atom stereocenters. The maximum atomic E-state index is 9.46. The average molecular weight is 269 g/mol. The van der Waals surface area contributed by atoms with Crippen molar-refractivity contribution in [1.29, 1.82) is 5.26 Å². The van der Waals surface area contributed by atoms with Crippen molar-refractivity contribution in [2.45, 2.75) is 44.9 Å². The summed E-state index contributed by atoms with van der Waals surface area (Å²) in [4.78, 5) is 0. The van der Waals surface area contributed by atoms with Crippen LogP contribution in [0, 0.1) is 11.3 Å². The number of rotatable bonds is 2. The van der Waals surface area contributed by atoms with E-state index in [1.54, 1.807) is 0 Å². The van der Waals surface area contributed by atoms with Gasteiger partial charge in [-0.3, -0.25) is 0 Å². The smallest absolute Gasteiger partial charge is 0.231 e. The SMILES string of the molecule is N#CC(Cc1ccc2c(c1)OCO2)=C1CCCCCC1. The van der Waals surface area contributed by atoms with Gasteiger partial charge in [0.05, 0.1) is 6.07 Å². The zero-order valence-electron chi connectivity index (χ0n) is 11.7. The minimum absolute atomic E-state index is 0.297. The first kappa shape index (κ1) is 13.1. The number of nitriles is 1. The third kappa shape index (κ3) is 2.80. The molecule has 1 fully saturated rings. The molecule has 1 saturated carbocycles. The van der Waals surface area contributed by atoms with Crippen LogP contribution in [0.15, 0.2) is 29.3 Å². The Kier molecular flexibility index (Phi) is 3.92. The molecule has 3 rings (SSSR count). The summed E-state index contributed by atoms with van der Waals surface area (Å²) in [5.74, 6) is 1.60. The van der Waals surface area contributed by atoms with Crippen molar-refractivity contribution in [3.8, 4) is 17.6 Å². The monoisotopic (exact) mass is 269 g/mol. The van der Waals surface area contributed by atoms with E-state index in [0.717, 1.165) is 35.5 Å². The Labute approximate surface area is 119 Å². The van der Waals surface area contributed by atoms with Crippen molar-refractivity contribution < 1.29 is 9.47 Å². The van der Waals surface area contributed by atoms with Gasteiger partial charge in [0.2, 0.25) is 6.79 Å². The van der Waals surface area contributed by atoms with Gasteiger partial charge < -0.3 is 9.47 Å². The number of ether oxygens (including phenoxy) is 2. The van der Waals surface area contributed by atoms with E-state index in [4.69, 9.17) is 9.47 Å². The molecule has 3 nitrogen and oxygen atoms in total. The van der Waals surface area contributed by atoms with Gasteiger partial charge in [-0.05, 0) is 43.4 Å². The van der Waals surface area contributed by atoms with Crippen LogP contribution in [-0.2, 0) is 6.42 Å². The van der Waals surface area contributed by atoms with Crippen LogP contribution in [0.3, 0.4) is 0 Å². The molecule has 0 aromatic heterocycles. The van der Waals surface area contributed by atoms with Crippen LogP contribution in [0.5, 0.6) is 11.5 Å². The van der Waals surface area contributed by atoms with Crippen LogP contribution in [0.2, 0.25) is 0 Å². The van der Waals surface area contributed by atoms with E-state index in [-0.39, 0.29) is 0 Å². The predicted octanol–water partition coefficient (Wildman–Crippen LogP) is 4.13. The number of hydrogen-bond acceptors (Lipinski definition) is 3. The van der Waals surface area contributed by atoms with Gasteiger partial charge in [-0.2, -0.15) is 5.26 Å². The van der Waals surface area contributed by atoms with Gasteiger partial charge in [-0.25, -0.2) is 0 Å². The molecule has 20 heavy (non-hydrogen) atoms. The van der Waals surface area contributed by atoms with Crippen LogP contribution in [0.1, 0.15) is 44.1 Å². The first-order valence-electron chi connectivity index (χ1n) is 7.36. The number of fused-ring (bicyclic) bond motifs is 1. The molecular formula is C17H19NO2. The highest BCUT2D eigenvalue weighted by Gasteiger charge is 2.15. The molecule has 0 spiro atoms. The van der Waals surface area contributed by atoms with E-state index in [9.17, 15) is 5.26 Å². The van der Waals surface area contributed by atoms with Gasteiger partial charge >= 0.3 is 0 Å². The Morgan fingerprint density at radius 3 is 2.55 bits per heavy atom. The van der Waals surface area contributed by atoms with Gasteiger partial charge in [0.15, 0.2) is 11.5 Å². The summed E-state index contributed by atoms with van der Waals surface area (Å²) in [6, 6.07) is 8.39. The largest absolute Gasteiger partial charge is 0.454 e. The fourth-order valence-electron chi connectivity index (χ4n) is 2.96. The fourth-order valence-corrected chi connectivity index (χ4v) is 2.96. The zero-order chi connectivity index (χ0) is 13.8. The van der Waals surface area contributed by atoms with Crippen molar-refractivity contribution in [1.82, 2.24) is 0 Å². The summed E-state index contributed by atoms with van der Waals surface area (Å²) >= 11 is 0. The predicted molar refractivity (Wildman–Crippen MR) is 76.6 cm³/mol. The molecule has 1 aromatic rings. The lowest BCUT2D eigenvalue weighted by atomic mass is 9.96. The summed E-state index contributed by atoms with van der Waals surface area (Å²) in [6.45, 7) is 0.297. The topological polar surface area (TPSA) is 42.2 Å². The first-order chi connectivity index (χ1) is 9.86. The van der Waals surface area contributed by atoms with Crippen molar-refractivity contribution in [2.75, 3.05) is 6.79 Å². The zero-order valence-corrected chi connectivity index (χ0v) is 11.7. The first-order valence-corrected chi connectivity index (χ1v) is 7.36. The Balaban J connectivity index is 1.81. The van der Waals surface area contributed by atoms with Crippen LogP contribution < -0.4 is 9.47 Å². The molecule has 0 saturated heterocycles. The highest BCUT2D eigenvalue weighted by molar-refractivity contribution is 5.46. The molecule has 1 aliphatic heterocycles. The Morgan fingerprint density at radius 2 is 1.80 bits per heavy atom. The normalized spacial score (nSPS) is 17.4. The molecule has 0 amide bonds. The Hall–Kier alpha value is -1.95. The standard InChI is InChI=1S/C17H19NO2/c18-11-15(14-5-3-1-2-4-6-14)9-13-7-8-16-17(10-13)20-12-19-16/h7-8,10H,1-6,9,12H2. The molecule has 104 valence electrons.